The van der Waals surface area contributed by atoms with Gasteiger partial charge in [-0.05, 0) is 43.7 Å². The first-order valence-corrected chi connectivity index (χ1v) is 10.1. The number of aryl methyl sites for hydroxylation is 1. The Morgan fingerprint density at radius 1 is 1.11 bits per heavy atom. The summed E-state index contributed by atoms with van der Waals surface area (Å²) in [6.07, 6.45) is 0. The van der Waals surface area contributed by atoms with E-state index in [1.807, 2.05) is 77.9 Å². The van der Waals surface area contributed by atoms with Crippen LogP contribution in [0.25, 0.3) is 5.69 Å². The third-order valence-electron chi connectivity index (χ3n) is 4.40. The molecule has 2 aromatic carbocycles. The third kappa shape index (κ3) is 4.72. The Kier molecular flexibility index (Phi) is 6.71. The highest BCUT2D eigenvalue weighted by Crippen LogP contribution is 2.24. The molecule has 0 unspecified atom stereocenters. The number of nitrogens with zero attached hydrogens (tertiary/aromatic N) is 4. The van der Waals surface area contributed by atoms with Gasteiger partial charge in [-0.2, -0.15) is 0 Å². The summed E-state index contributed by atoms with van der Waals surface area (Å²) in [6, 6.07) is 17.7. The second-order valence-corrected chi connectivity index (χ2v) is 7.19. The van der Waals surface area contributed by atoms with Crippen molar-refractivity contribution in [2.24, 2.45) is 0 Å². The molecular formula is C21H24N4O2S. The number of ether oxygens (including phenoxy) is 1. The van der Waals surface area contributed by atoms with Crippen LogP contribution in [0.1, 0.15) is 18.3 Å². The fourth-order valence-corrected chi connectivity index (χ4v) is 3.76. The van der Waals surface area contributed by atoms with Gasteiger partial charge in [-0.1, -0.05) is 42.1 Å². The largest absolute Gasteiger partial charge is 0.497 e. The van der Waals surface area contributed by atoms with E-state index in [2.05, 4.69) is 10.2 Å². The molecule has 1 aromatic heterocycles. The van der Waals surface area contributed by atoms with Crippen molar-refractivity contribution in [3.63, 3.8) is 0 Å². The Balaban J connectivity index is 1.69. The second kappa shape index (κ2) is 9.41. The average molecular weight is 397 g/mol. The fraction of sp³-hybridized carbons (Fsp3) is 0.286. The molecule has 3 rings (SSSR count). The lowest BCUT2D eigenvalue weighted by Gasteiger charge is -2.20. The van der Waals surface area contributed by atoms with E-state index in [9.17, 15) is 4.79 Å². The number of hydrogen-bond donors (Lipinski definition) is 0. The van der Waals surface area contributed by atoms with Crippen molar-refractivity contribution in [2.45, 2.75) is 25.5 Å². The second-order valence-electron chi connectivity index (χ2n) is 6.25. The monoisotopic (exact) mass is 396 g/mol. The van der Waals surface area contributed by atoms with Crippen molar-refractivity contribution in [1.29, 1.82) is 0 Å². The molecular weight excluding hydrogens is 372 g/mol. The first kappa shape index (κ1) is 19.9. The van der Waals surface area contributed by atoms with E-state index in [0.717, 1.165) is 22.8 Å². The van der Waals surface area contributed by atoms with Gasteiger partial charge in [0.05, 0.1) is 12.9 Å². The highest BCUT2D eigenvalue weighted by atomic mass is 32.2. The fourth-order valence-electron chi connectivity index (χ4n) is 2.86. The summed E-state index contributed by atoms with van der Waals surface area (Å²) in [5.74, 6) is 1.96. The van der Waals surface area contributed by atoms with Crippen LogP contribution < -0.4 is 4.74 Å². The Hall–Kier alpha value is -2.80. The zero-order valence-corrected chi connectivity index (χ0v) is 17.1. The predicted octanol–water partition coefficient (Wildman–Crippen LogP) is 3.73. The van der Waals surface area contributed by atoms with E-state index in [-0.39, 0.29) is 5.91 Å². The first-order chi connectivity index (χ1) is 13.6. The Labute approximate surface area is 169 Å². The van der Waals surface area contributed by atoms with Crippen LogP contribution in [-0.2, 0) is 11.3 Å². The molecule has 0 aliphatic rings. The van der Waals surface area contributed by atoms with Crippen molar-refractivity contribution in [1.82, 2.24) is 19.7 Å². The lowest BCUT2D eigenvalue weighted by atomic mass is 10.2. The summed E-state index contributed by atoms with van der Waals surface area (Å²) in [4.78, 5) is 14.6. The topological polar surface area (TPSA) is 60.2 Å². The quantitative estimate of drug-likeness (QED) is 0.543. The van der Waals surface area contributed by atoms with Crippen LogP contribution in [-0.4, -0.2) is 45.0 Å². The summed E-state index contributed by atoms with van der Waals surface area (Å²) < 4.78 is 7.17. The minimum Gasteiger partial charge on any atom is -0.497 e. The number of rotatable bonds is 8. The van der Waals surface area contributed by atoms with Crippen LogP contribution in [0.5, 0.6) is 5.75 Å². The van der Waals surface area contributed by atoms with Gasteiger partial charge in [0, 0.05) is 18.8 Å². The number of benzene rings is 2. The van der Waals surface area contributed by atoms with Crippen LogP contribution in [0.4, 0.5) is 0 Å². The number of carbonyl (C=O) groups excluding carboxylic acids is 1. The molecule has 0 aliphatic carbocycles. The molecule has 1 amide bonds. The van der Waals surface area contributed by atoms with Crippen LogP contribution in [0, 0.1) is 6.92 Å². The van der Waals surface area contributed by atoms with Gasteiger partial charge >= 0.3 is 0 Å². The van der Waals surface area contributed by atoms with Crippen LogP contribution in [0.15, 0.2) is 59.8 Å². The van der Waals surface area contributed by atoms with Gasteiger partial charge in [0.15, 0.2) is 5.16 Å². The van der Waals surface area contributed by atoms with Crippen molar-refractivity contribution in [3.05, 3.63) is 66.0 Å². The molecule has 1 heterocycles. The maximum absolute atomic E-state index is 12.7. The standard InChI is InChI=1S/C21H24N4O2S/c1-4-24(14-17-8-6-5-7-9-17)20(26)15-28-21-23-22-16(2)25(21)18-10-12-19(27-3)13-11-18/h5-13H,4,14-15H2,1-3H3. The number of methoxy groups -OCH3 is 1. The molecule has 28 heavy (non-hydrogen) atoms. The molecule has 0 atom stereocenters. The van der Waals surface area contributed by atoms with Crippen LogP contribution >= 0.6 is 11.8 Å². The van der Waals surface area contributed by atoms with Gasteiger partial charge in [-0.25, -0.2) is 0 Å². The zero-order chi connectivity index (χ0) is 19.9. The van der Waals surface area contributed by atoms with Gasteiger partial charge in [0.25, 0.3) is 0 Å². The predicted molar refractivity (Wildman–Crippen MR) is 111 cm³/mol. The van der Waals surface area contributed by atoms with Crippen LogP contribution in [0.3, 0.4) is 0 Å². The molecule has 0 saturated heterocycles. The van der Waals surface area contributed by atoms with Crippen molar-refractivity contribution < 1.29 is 9.53 Å². The summed E-state index contributed by atoms with van der Waals surface area (Å²) in [7, 11) is 1.64. The maximum Gasteiger partial charge on any atom is 0.233 e. The Morgan fingerprint density at radius 2 is 1.82 bits per heavy atom. The van der Waals surface area contributed by atoms with E-state index >= 15 is 0 Å². The van der Waals surface area contributed by atoms with Crippen molar-refractivity contribution in [2.75, 3.05) is 19.4 Å². The van der Waals surface area contributed by atoms with Gasteiger partial charge in [0.2, 0.25) is 5.91 Å². The van der Waals surface area contributed by atoms with E-state index in [1.54, 1.807) is 7.11 Å². The average Bonchev–Trinajstić information content (AvgIpc) is 3.11. The zero-order valence-electron chi connectivity index (χ0n) is 16.3. The minimum absolute atomic E-state index is 0.0817. The first-order valence-electron chi connectivity index (χ1n) is 9.13. The molecule has 0 N–H and O–H groups in total. The molecule has 146 valence electrons. The molecule has 0 radical (unpaired) electrons. The smallest absolute Gasteiger partial charge is 0.233 e. The molecule has 0 fully saturated rings. The SMILES string of the molecule is CCN(Cc1ccccc1)C(=O)CSc1nnc(C)n1-c1ccc(OC)cc1. The van der Waals surface area contributed by atoms with Crippen molar-refractivity contribution in [3.8, 4) is 11.4 Å². The molecule has 3 aromatic rings. The molecule has 0 spiro atoms. The number of thioether (sulfide) groups is 1. The molecule has 0 aliphatic heterocycles. The molecule has 7 heteroatoms. The summed E-state index contributed by atoms with van der Waals surface area (Å²) >= 11 is 1.40. The Bertz CT molecular complexity index is 910. The van der Waals surface area contributed by atoms with Gasteiger partial charge in [-0.3, -0.25) is 9.36 Å². The number of amides is 1. The minimum atomic E-state index is 0.0817. The van der Waals surface area contributed by atoms with Gasteiger partial charge in [-0.15, -0.1) is 10.2 Å². The van der Waals surface area contributed by atoms with Gasteiger partial charge in [0.1, 0.15) is 11.6 Å². The maximum atomic E-state index is 12.7. The molecule has 0 saturated carbocycles. The Morgan fingerprint density at radius 3 is 2.46 bits per heavy atom. The number of aromatic nitrogens is 3. The number of hydrogen-bond acceptors (Lipinski definition) is 5. The van der Waals surface area contributed by atoms with E-state index in [1.165, 1.54) is 11.8 Å². The van der Waals surface area contributed by atoms with Gasteiger partial charge < -0.3 is 9.64 Å². The molecule has 0 bridgehead atoms. The molecule has 6 nitrogen and oxygen atoms in total. The van der Waals surface area contributed by atoms with E-state index < -0.39 is 0 Å². The summed E-state index contributed by atoms with van der Waals surface area (Å²) in [5, 5.41) is 9.13. The summed E-state index contributed by atoms with van der Waals surface area (Å²) in [5.41, 5.74) is 2.06. The highest BCUT2D eigenvalue weighted by Gasteiger charge is 2.17. The highest BCUT2D eigenvalue weighted by molar-refractivity contribution is 7.99. The van der Waals surface area contributed by atoms with Crippen molar-refractivity contribution >= 4 is 17.7 Å². The normalized spacial score (nSPS) is 10.7. The third-order valence-corrected chi connectivity index (χ3v) is 5.31. The van der Waals surface area contributed by atoms with E-state index in [0.29, 0.717) is 24.0 Å². The van der Waals surface area contributed by atoms with E-state index in [4.69, 9.17) is 4.74 Å². The lowest BCUT2D eigenvalue weighted by molar-refractivity contribution is -0.128. The lowest BCUT2D eigenvalue weighted by Crippen LogP contribution is -2.31. The van der Waals surface area contributed by atoms with Crippen LogP contribution in [0.2, 0.25) is 0 Å². The number of carbonyl (C=O) groups is 1. The summed E-state index contributed by atoms with van der Waals surface area (Å²) in [6.45, 7) is 5.17.